The van der Waals surface area contributed by atoms with Crippen LogP contribution in [0.3, 0.4) is 0 Å². The van der Waals surface area contributed by atoms with Gasteiger partial charge < -0.3 is 24.1 Å². The van der Waals surface area contributed by atoms with Crippen molar-refractivity contribution in [2.24, 2.45) is 0 Å². The Morgan fingerprint density at radius 2 is 1.97 bits per heavy atom. The Hall–Kier alpha value is -3.20. The normalized spacial score (nSPS) is 13.2. The number of rotatable bonds is 7. The summed E-state index contributed by atoms with van der Waals surface area (Å²) >= 11 is 1.37. The molecular formula is C21H22N4O4S. The van der Waals surface area contributed by atoms with Crippen LogP contribution in [0.25, 0.3) is 11.4 Å². The van der Waals surface area contributed by atoms with Crippen molar-refractivity contribution in [3.8, 4) is 28.6 Å². The monoisotopic (exact) mass is 426 g/mol. The van der Waals surface area contributed by atoms with Crippen LogP contribution in [0, 0.1) is 0 Å². The number of amides is 1. The minimum Gasteiger partial charge on any atom is -0.497 e. The maximum atomic E-state index is 12.7. The average molecular weight is 426 g/mol. The van der Waals surface area contributed by atoms with Crippen molar-refractivity contribution in [2.75, 3.05) is 19.2 Å². The van der Waals surface area contributed by atoms with Gasteiger partial charge in [-0.3, -0.25) is 4.79 Å². The molecule has 0 radical (unpaired) electrons. The zero-order valence-electron chi connectivity index (χ0n) is 16.9. The second-order valence-electron chi connectivity index (χ2n) is 6.60. The number of carbonyl (C=O) groups excluding carboxylic acids is 1. The molecule has 3 aromatic rings. The first-order valence-electron chi connectivity index (χ1n) is 9.54. The number of methoxy groups -OCH3 is 1. The van der Waals surface area contributed by atoms with Crippen molar-refractivity contribution in [3.05, 3.63) is 42.5 Å². The van der Waals surface area contributed by atoms with Crippen LogP contribution in [0.15, 0.2) is 47.6 Å². The Balaban J connectivity index is 1.46. The van der Waals surface area contributed by atoms with E-state index in [4.69, 9.17) is 14.2 Å². The standard InChI is InChI=1S/C21H22N4O4S/c1-4-25-19(14-5-8-16(27-3)9-6-14)23-24-21(25)30-13(2)20(26)22-15-7-10-17-18(11-15)29-12-28-17/h5-11,13H,4,12H2,1-3H3,(H,22,26)/t13-/m0/s1. The van der Waals surface area contributed by atoms with E-state index in [0.717, 1.165) is 17.1 Å². The van der Waals surface area contributed by atoms with Crippen molar-refractivity contribution in [2.45, 2.75) is 30.8 Å². The number of fused-ring (bicyclic) bond motifs is 1. The lowest BCUT2D eigenvalue weighted by molar-refractivity contribution is -0.115. The highest BCUT2D eigenvalue weighted by atomic mass is 32.2. The van der Waals surface area contributed by atoms with E-state index in [1.165, 1.54) is 11.8 Å². The molecule has 30 heavy (non-hydrogen) atoms. The van der Waals surface area contributed by atoms with Gasteiger partial charge in [-0.05, 0) is 50.2 Å². The van der Waals surface area contributed by atoms with E-state index in [1.54, 1.807) is 25.3 Å². The summed E-state index contributed by atoms with van der Waals surface area (Å²) in [5.41, 5.74) is 1.60. The predicted octanol–water partition coefficient (Wildman–Crippen LogP) is 3.82. The summed E-state index contributed by atoms with van der Waals surface area (Å²) in [6.07, 6.45) is 0. The van der Waals surface area contributed by atoms with Gasteiger partial charge in [0, 0.05) is 23.9 Å². The van der Waals surface area contributed by atoms with Gasteiger partial charge >= 0.3 is 0 Å². The highest BCUT2D eigenvalue weighted by molar-refractivity contribution is 8.00. The van der Waals surface area contributed by atoms with Gasteiger partial charge in [0.15, 0.2) is 22.5 Å². The number of carbonyl (C=O) groups is 1. The van der Waals surface area contributed by atoms with Gasteiger partial charge in [-0.25, -0.2) is 0 Å². The molecule has 0 aliphatic carbocycles. The molecule has 0 spiro atoms. The number of ether oxygens (including phenoxy) is 3. The Bertz CT molecular complexity index is 1050. The molecule has 0 saturated heterocycles. The predicted molar refractivity (Wildman–Crippen MR) is 114 cm³/mol. The van der Waals surface area contributed by atoms with E-state index in [9.17, 15) is 4.79 Å². The SMILES string of the molecule is CCn1c(S[C@@H](C)C(=O)Nc2ccc3c(c2)OCO3)nnc1-c1ccc(OC)cc1. The molecule has 0 saturated carbocycles. The van der Waals surface area contributed by atoms with Crippen LogP contribution in [0.5, 0.6) is 17.2 Å². The van der Waals surface area contributed by atoms with Crippen LogP contribution < -0.4 is 19.5 Å². The third kappa shape index (κ3) is 4.06. The van der Waals surface area contributed by atoms with E-state index in [0.29, 0.717) is 28.9 Å². The highest BCUT2D eigenvalue weighted by Gasteiger charge is 2.21. The van der Waals surface area contributed by atoms with Crippen LogP contribution in [0.4, 0.5) is 5.69 Å². The second kappa shape index (κ2) is 8.66. The first kappa shape index (κ1) is 20.1. The Morgan fingerprint density at radius 1 is 1.20 bits per heavy atom. The first-order valence-corrected chi connectivity index (χ1v) is 10.4. The van der Waals surface area contributed by atoms with E-state index in [2.05, 4.69) is 15.5 Å². The minimum atomic E-state index is -0.367. The molecule has 1 aliphatic heterocycles. The van der Waals surface area contributed by atoms with Gasteiger partial charge in [-0.2, -0.15) is 0 Å². The van der Waals surface area contributed by atoms with Crippen molar-refractivity contribution in [3.63, 3.8) is 0 Å². The molecule has 2 heterocycles. The molecule has 4 rings (SSSR count). The van der Waals surface area contributed by atoms with Gasteiger partial charge in [-0.15, -0.1) is 10.2 Å². The fourth-order valence-electron chi connectivity index (χ4n) is 3.04. The maximum absolute atomic E-state index is 12.7. The van der Waals surface area contributed by atoms with Crippen molar-refractivity contribution in [1.29, 1.82) is 0 Å². The third-order valence-electron chi connectivity index (χ3n) is 4.67. The van der Waals surface area contributed by atoms with E-state index in [1.807, 2.05) is 42.7 Å². The van der Waals surface area contributed by atoms with Crippen molar-refractivity contribution < 1.29 is 19.0 Å². The van der Waals surface area contributed by atoms with Crippen molar-refractivity contribution in [1.82, 2.24) is 14.8 Å². The highest BCUT2D eigenvalue weighted by Crippen LogP contribution is 2.34. The Labute approximate surface area is 178 Å². The minimum absolute atomic E-state index is 0.129. The van der Waals surface area contributed by atoms with Gasteiger partial charge in [0.2, 0.25) is 12.7 Å². The molecule has 1 atom stereocenters. The zero-order chi connectivity index (χ0) is 21.1. The topological polar surface area (TPSA) is 87.5 Å². The molecule has 156 valence electrons. The summed E-state index contributed by atoms with van der Waals surface area (Å²) in [5, 5.41) is 11.9. The molecule has 2 aromatic carbocycles. The van der Waals surface area contributed by atoms with Crippen LogP contribution in [-0.2, 0) is 11.3 Å². The van der Waals surface area contributed by atoms with Gasteiger partial charge in [-0.1, -0.05) is 11.8 Å². The lowest BCUT2D eigenvalue weighted by atomic mass is 10.2. The number of nitrogens with one attached hydrogen (secondary N) is 1. The molecule has 0 fully saturated rings. The molecule has 9 heteroatoms. The van der Waals surface area contributed by atoms with E-state index in [-0.39, 0.29) is 18.0 Å². The molecule has 1 aliphatic rings. The molecule has 1 N–H and O–H groups in total. The largest absolute Gasteiger partial charge is 0.497 e. The smallest absolute Gasteiger partial charge is 0.237 e. The molecule has 0 bridgehead atoms. The number of nitrogens with zero attached hydrogens (tertiary/aromatic N) is 3. The molecule has 1 aromatic heterocycles. The zero-order valence-corrected chi connectivity index (χ0v) is 17.7. The summed E-state index contributed by atoms with van der Waals surface area (Å²) in [5.74, 6) is 2.71. The Morgan fingerprint density at radius 3 is 2.70 bits per heavy atom. The maximum Gasteiger partial charge on any atom is 0.237 e. The van der Waals surface area contributed by atoms with E-state index < -0.39 is 0 Å². The third-order valence-corrected chi connectivity index (χ3v) is 5.75. The second-order valence-corrected chi connectivity index (χ2v) is 7.90. The van der Waals surface area contributed by atoms with Crippen LogP contribution in [0.1, 0.15) is 13.8 Å². The fourth-order valence-corrected chi connectivity index (χ4v) is 3.96. The number of aromatic nitrogens is 3. The summed E-state index contributed by atoms with van der Waals surface area (Å²) in [6, 6.07) is 13.0. The number of thioether (sulfide) groups is 1. The van der Waals surface area contributed by atoms with Gasteiger partial charge in [0.25, 0.3) is 0 Å². The van der Waals surface area contributed by atoms with E-state index >= 15 is 0 Å². The van der Waals surface area contributed by atoms with Crippen LogP contribution >= 0.6 is 11.8 Å². The first-order chi connectivity index (χ1) is 14.6. The van der Waals surface area contributed by atoms with Crippen molar-refractivity contribution >= 4 is 23.4 Å². The molecule has 1 amide bonds. The fraction of sp³-hybridized carbons (Fsp3) is 0.286. The summed E-state index contributed by atoms with van der Waals surface area (Å²) in [7, 11) is 1.63. The summed E-state index contributed by atoms with van der Waals surface area (Å²) < 4.78 is 17.9. The summed E-state index contributed by atoms with van der Waals surface area (Å²) in [4.78, 5) is 12.7. The van der Waals surface area contributed by atoms with Crippen LogP contribution in [-0.4, -0.2) is 39.8 Å². The number of hydrogen-bond acceptors (Lipinski definition) is 7. The van der Waals surface area contributed by atoms with Gasteiger partial charge in [0.05, 0.1) is 12.4 Å². The average Bonchev–Trinajstić information content (AvgIpc) is 3.40. The lowest BCUT2D eigenvalue weighted by Gasteiger charge is -2.13. The quantitative estimate of drug-likeness (QED) is 0.575. The molecular weight excluding hydrogens is 404 g/mol. The number of anilines is 1. The molecule has 8 nitrogen and oxygen atoms in total. The molecule has 0 unspecified atom stereocenters. The number of hydrogen-bond donors (Lipinski definition) is 1. The van der Waals surface area contributed by atoms with Crippen LogP contribution in [0.2, 0.25) is 0 Å². The Kier molecular flexibility index (Phi) is 5.80. The summed E-state index contributed by atoms with van der Waals surface area (Å²) in [6.45, 7) is 4.75. The van der Waals surface area contributed by atoms with Gasteiger partial charge in [0.1, 0.15) is 5.75 Å². The lowest BCUT2D eigenvalue weighted by Crippen LogP contribution is -2.22. The number of benzene rings is 2.